The van der Waals surface area contributed by atoms with E-state index in [1.807, 2.05) is 36.4 Å². The van der Waals surface area contributed by atoms with Crippen LogP contribution in [0.1, 0.15) is 11.1 Å². The normalized spacial score (nSPS) is 11.6. The number of nitrogens with zero attached hydrogens (tertiary/aromatic N) is 1. The summed E-state index contributed by atoms with van der Waals surface area (Å²) in [5.41, 5.74) is 1.45. The van der Waals surface area contributed by atoms with E-state index in [1.54, 1.807) is 31.4 Å². The lowest BCUT2D eigenvalue weighted by atomic mass is 10.1. The average molecular weight is 293 g/mol. The van der Waals surface area contributed by atoms with Gasteiger partial charge in [0.2, 0.25) is 5.97 Å². The molecule has 3 heteroatoms. The van der Waals surface area contributed by atoms with E-state index in [9.17, 15) is 4.39 Å². The lowest BCUT2D eigenvalue weighted by Crippen LogP contribution is -1.94. The molecule has 0 atom stereocenters. The molecule has 0 aliphatic heterocycles. The van der Waals surface area contributed by atoms with E-state index >= 15 is 0 Å². The highest BCUT2D eigenvalue weighted by molar-refractivity contribution is 5.93. The van der Waals surface area contributed by atoms with E-state index < -0.39 is 5.97 Å². The van der Waals surface area contributed by atoms with Gasteiger partial charge in [0.05, 0.1) is 13.7 Å². The van der Waals surface area contributed by atoms with Gasteiger partial charge in [0, 0.05) is 5.56 Å². The molecule has 110 valence electrons. The highest BCUT2D eigenvalue weighted by atomic mass is 19.1. The second-order valence-corrected chi connectivity index (χ2v) is 5.02. The molecule has 22 heavy (non-hydrogen) atoms. The van der Waals surface area contributed by atoms with Gasteiger partial charge in [-0.25, -0.2) is 0 Å². The zero-order chi connectivity index (χ0) is 15.4. The van der Waals surface area contributed by atoms with E-state index in [1.165, 1.54) is 5.39 Å². The largest absolute Gasteiger partial charge is 0.497 e. The molecule has 0 spiro atoms. The summed E-state index contributed by atoms with van der Waals surface area (Å²) in [5.74, 6) is 0.238. The second kappa shape index (κ2) is 6.39. The van der Waals surface area contributed by atoms with Crippen LogP contribution in [0, 0.1) is 0 Å². The van der Waals surface area contributed by atoms with Crippen LogP contribution >= 0.6 is 0 Å². The molecule has 0 aromatic heterocycles. The van der Waals surface area contributed by atoms with Crippen molar-refractivity contribution >= 4 is 16.7 Å². The minimum atomic E-state index is -0.462. The minimum absolute atomic E-state index is 0.322. The maximum atomic E-state index is 14.1. The standard InChI is InChI=1S/C19H16FNO/c1-22-18-10-8-16(9-11-18)19(20)21-13-14-6-7-15-4-2-3-5-17(15)12-14/h2-12H,13H2,1H3. The molecule has 0 aliphatic rings. The van der Waals surface area contributed by atoms with Crippen LogP contribution in [0.5, 0.6) is 5.75 Å². The number of methoxy groups -OCH3 is 1. The number of halogens is 1. The van der Waals surface area contributed by atoms with Crippen molar-refractivity contribution < 1.29 is 9.13 Å². The maximum Gasteiger partial charge on any atom is 0.215 e. The smallest absolute Gasteiger partial charge is 0.215 e. The van der Waals surface area contributed by atoms with Gasteiger partial charge in [-0.2, -0.15) is 4.39 Å². The van der Waals surface area contributed by atoms with Crippen LogP contribution in [0.3, 0.4) is 0 Å². The monoisotopic (exact) mass is 293 g/mol. The average Bonchev–Trinajstić information content (AvgIpc) is 2.59. The summed E-state index contributed by atoms with van der Waals surface area (Å²) in [5, 5.41) is 2.31. The fraction of sp³-hybridized carbons (Fsp3) is 0.105. The molecule has 0 aliphatic carbocycles. The summed E-state index contributed by atoms with van der Waals surface area (Å²) in [6.07, 6.45) is 0. The first-order valence-electron chi connectivity index (χ1n) is 7.08. The summed E-state index contributed by atoms with van der Waals surface area (Å²) in [7, 11) is 1.58. The van der Waals surface area contributed by atoms with Crippen LogP contribution in [0.15, 0.2) is 71.7 Å². The molecule has 0 heterocycles. The van der Waals surface area contributed by atoms with Gasteiger partial charge in [-0.15, -0.1) is 0 Å². The quantitative estimate of drug-likeness (QED) is 0.635. The van der Waals surface area contributed by atoms with E-state index in [2.05, 4.69) is 11.1 Å². The molecule has 3 aromatic rings. The molecule has 3 aromatic carbocycles. The van der Waals surface area contributed by atoms with Crippen molar-refractivity contribution in [2.75, 3.05) is 7.11 Å². The van der Waals surface area contributed by atoms with Gasteiger partial charge >= 0.3 is 0 Å². The molecule has 0 bridgehead atoms. The SMILES string of the molecule is COc1ccc(C(F)=NCc2ccc3ccccc3c2)cc1. The Morgan fingerprint density at radius 3 is 2.41 bits per heavy atom. The highest BCUT2D eigenvalue weighted by Gasteiger charge is 2.03. The number of ether oxygens (including phenoxy) is 1. The molecule has 0 saturated carbocycles. The van der Waals surface area contributed by atoms with Crippen molar-refractivity contribution in [3.63, 3.8) is 0 Å². The molecule has 3 rings (SSSR count). The van der Waals surface area contributed by atoms with Gasteiger partial charge in [0.15, 0.2) is 0 Å². The first-order valence-corrected chi connectivity index (χ1v) is 7.08. The molecule has 0 unspecified atom stereocenters. The Morgan fingerprint density at radius 2 is 1.68 bits per heavy atom. The van der Waals surface area contributed by atoms with Gasteiger partial charge < -0.3 is 4.74 Å². The number of rotatable bonds is 4. The zero-order valence-electron chi connectivity index (χ0n) is 12.3. The van der Waals surface area contributed by atoms with Crippen LogP contribution in [-0.4, -0.2) is 13.1 Å². The van der Waals surface area contributed by atoms with Crippen LogP contribution in [0.4, 0.5) is 4.39 Å². The predicted molar refractivity (Wildman–Crippen MR) is 88.3 cm³/mol. The molecular formula is C19H16FNO. The Kier molecular flexibility index (Phi) is 4.15. The molecule has 2 nitrogen and oxygen atoms in total. The van der Waals surface area contributed by atoms with E-state index in [4.69, 9.17) is 4.74 Å². The van der Waals surface area contributed by atoms with Crippen molar-refractivity contribution in [2.45, 2.75) is 6.54 Å². The van der Waals surface area contributed by atoms with Crippen LogP contribution < -0.4 is 4.74 Å². The molecule has 0 radical (unpaired) electrons. The second-order valence-electron chi connectivity index (χ2n) is 5.02. The van der Waals surface area contributed by atoms with E-state index in [0.717, 1.165) is 10.9 Å². The summed E-state index contributed by atoms with van der Waals surface area (Å²) < 4.78 is 19.1. The van der Waals surface area contributed by atoms with Gasteiger partial charge in [-0.1, -0.05) is 36.4 Å². The fourth-order valence-corrected chi connectivity index (χ4v) is 2.32. The van der Waals surface area contributed by atoms with Crippen molar-refractivity contribution in [3.05, 3.63) is 77.9 Å². The lowest BCUT2D eigenvalue weighted by Gasteiger charge is -2.03. The summed E-state index contributed by atoms with van der Waals surface area (Å²) in [4.78, 5) is 4.04. The van der Waals surface area contributed by atoms with Crippen LogP contribution in [0.2, 0.25) is 0 Å². The zero-order valence-corrected chi connectivity index (χ0v) is 12.3. The maximum absolute atomic E-state index is 14.1. The summed E-state index contributed by atoms with van der Waals surface area (Å²) >= 11 is 0. The van der Waals surface area contributed by atoms with Crippen LogP contribution in [-0.2, 0) is 6.54 Å². The molecule has 0 saturated heterocycles. The van der Waals surface area contributed by atoms with Gasteiger partial charge in [0.25, 0.3) is 0 Å². The van der Waals surface area contributed by atoms with Crippen molar-refractivity contribution in [2.24, 2.45) is 4.99 Å². The van der Waals surface area contributed by atoms with E-state index in [0.29, 0.717) is 17.9 Å². The Balaban J connectivity index is 1.78. The summed E-state index contributed by atoms with van der Waals surface area (Å²) in [6, 6.07) is 20.9. The molecule has 0 amide bonds. The third-order valence-corrected chi connectivity index (χ3v) is 3.54. The van der Waals surface area contributed by atoms with Gasteiger partial charge in [-0.3, -0.25) is 4.99 Å². The molecule has 0 N–H and O–H groups in total. The highest BCUT2D eigenvalue weighted by Crippen LogP contribution is 2.17. The summed E-state index contributed by atoms with van der Waals surface area (Å²) in [6.45, 7) is 0.322. The topological polar surface area (TPSA) is 21.6 Å². The minimum Gasteiger partial charge on any atom is -0.497 e. The van der Waals surface area contributed by atoms with Gasteiger partial charge in [-0.05, 0) is 46.7 Å². The Bertz CT molecular complexity index is 809. The third kappa shape index (κ3) is 3.14. The number of benzene rings is 3. The number of hydrogen-bond acceptors (Lipinski definition) is 2. The fourth-order valence-electron chi connectivity index (χ4n) is 2.32. The lowest BCUT2D eigenvalue weighted by molar-refractivity contribution is 0.415. The Hall–Kier alpha value is -2.68. The molecule has 0 fully saturated rings. The first-order chi connectivity index (χ1) is 10.8. The van der Waals surface area contributed by atoms with Crippen molar-refractivity contribution in [3.8, 4) is 5.75 Å². The Labute approximate surface area is 128 Å². The van der Waals surface area contributed by atoms with E-state index in [-0.39, 0.29) is 0 Å². The third-order valence-electron chi connectivity index (χ3n) is 3.54. The predicted octanol–water partition coefficient (Wildman–Crippen LogP) is 4.76. The number of hydrogen-bond donors (Lipinski definition) is 0. The van der Waals surface area contributed by atoms with Crippen molar-refractivity contribution in [1.82, 2.24) is 0 Å². The van der Waals surface area contributed by atoms with Crippen molar-refractivity contribution in [1.29, 1.82) is 0 Å². The van der Waals surface area contributed by atoms with Crippen LogP contribution in [0.25, 0.3) is 10.8 Å². The number of fused-ring (bicyclic) bond motifs is 1. The van der Waals surface area contributed by atoms with Gasteiger partial charge in [0.1, 0.15) is 5.75 Å². The number of aliphatic imine (C=N–C) groups is 1. The Morgan fingerprint density at radius 1 is 0.955 bits per heavy atom. The molecular weight excluding hydrogens is 277 g/mol. The first kappa shape index (κ1) is 14.3.